The Hall–Kier alpha value is -3.22. The molecular weight excluding hydrogens is 487 g/mol. The molecule has 1 aromatic heterocycles. The lowest BCUT2D eigenvalue weighted by Gasteiger charge is -2.37. The fourth-order valence-electron chi connectivity index (χ4n) is 4.40. The predicted octanol–water partition coefficient (Wildman–Crippen LogP) is 3.88. The molecule has 1 N–H and O–H groups in total. The molecule has 2 amide bonds. The van der Waals surface area contributed by atoms with E-state index in [1.54, 1.807) is 9.80 Å². The summed E-state index contributed by atoms with van der Waals surface area (Å²) in [6.45, 7) is 3.33. The summed E-state index contributed by atoms with van der Waals surface area (Å²) in [4.78, 5) is 29.1. The fraction of sp³-hybridized carbons (Fsp3) is 0.522. The molecule has 0 radical (unpaired) electrons. The van der Waals surface area contributed by atoms with Crippen LogP contribution in [0.25, 0.3) is 0 Å². The van der Waals surface area contributed by atoms with E-state index in [0.29, 0.717) is 44.0 Å². The summed E-state index contributed by atoms with van der Waals surface area (Å²) in [6.07, 6.45) is -3.89. The van der Waals surface area contributed by atoms with E-state index >= 15 is 0 Å². The van der Waals surface area contributed by atoms with Crippen LogP contribution in [0.15, 0.2) is 30.5 Å². The zero-order chi connectivity index (χ0) is 26.1. The van der Waals surface area contributed by atoms with Gasteiger partial charge in [-0.05, 0) is 17.7 Å². The van der Waals surface area contributed by atoms with Gasteiger partial charge in [-0.2, -0.15) is 17.9 Å². The molecule has 2 fully saturated rings. The molecule has 0 bridgehead atoms. The lowest BCUT2D eigenvalue weighted by Crippen LogP contribution is -2.49. The summed E-state index contributed by atoms with van der Waals surface area (Å²) in [5.41, 5.74) is 0.132. The maximum Gasteiger partial charge on any atom is 0.416 e. The molecule has 1 aromatic carbocycles. The van der Waals surface area contributed by atoms with Gasteiger partial charge in [0.2, 0.25) is 5.91 Å². The van der Waals surface area contributed by atoms with Gasteiger partial charge in [0.05, 0.1) is 5.56 Å². The van der Waals surface area contributed by atoms with Crippen LogP contribution in [-0.2, 0) is 17.5 Å². The number of carbonyl (C=O) groups is 2. The second-order valence-corrected chi connectivity index (χ2v) is 9.06. The molecule has 0 saturated carbocycles. The van der Waals surface area contributed by atoms with E-state index in [1.165, 1.54) is 25.3 Å². The van der Waals surface area contributed by atoms with Crippen molar-refractivity contribution in [3.05, 3.63) is 41.6 Å². The summed E-state index contributed by atoms with van der Waals surface area (Å²) >= 11 is 0. The maximum atomic E-state index is 13.6. The number of amides is 2. The van der Waals surface area contributed by atoms with Gasteiger partial charge in [-0.1, -0.05) is 6.07 Å². The molecular formula is C23H27F5N6O2. The number of carbonyl (C=O) groups excluding carboxylic acids is 2. The average molecular weight is 514 g/mol. The van der Waals surface area contributed by atoms with Crippen LogP contribution in [0.3, 0.4) is 0 Å². The molecule has 0 spiro atoms. The Morgan fingerprint density at radius 3 is 2.31 bits per heavy atom. The summed E-state index contributed by atoms with van der Waals surface area (Å²) in [7, 11) is 0. The molecule has 8 nitrogen and oxygen atoms in total. The largest absolute Gasteiger partial charge is 0.416 e. The quantitative estimate of drug-likeness (QED) is 0.627. The maximum absolute atomic E-state index is 13.6. The van der Waals surface area contributed by atoms with Crippen LogP contribution < -0.4 is 10.2 Å². The van der Waals surface area contributed by atoms with Crippen molar-refractivity contribution in [2.24, 2.45) is 0 Å². The first-order chi connectivity index (χ1) is 16.9. The number of rotatable bonds is 4. The molecule has 2 aliphatic heterocycles. The number of piperidine rings is 1. The van der Waals surface area contributed by atoms with Crippen molar-refractivity contribution in [1.82, 2.24) is 19.6 Å². The van der Waals surface area contributed by atoms with Gasteiger partial charge in [-0.25, -0.2) is 13.6 Å². The van der Waals surface area contributed by atoms with Gasteiger partial charge < -0.3 is 15.1 Å². The monoisotopic (exact) mass is 514 g/mol. The average Bonchev–Trinajstić information content (AvgIpc) is 3.26. The molecule has 196 valence electrons. The third-order valence-corrected chi connectivity index (χ3v) is 6.37. The smallest absolute Gasteiger partial charge is 0.371 e. The van der Waals surface area contributed by atoms with Gasteiger partial charge in [0.15, 0.2) is 5.82 Å². The molecule has 3 heterocycles. The first kappa shape index (κ1) is 25.9. The highest BCUT2D eigenvalue weighted by Gasteiger charge is 2.36. The SMILES string of the molecule is CC(=O)Nc1ccn(C(=O)N2CCN(Cc3ccc(C(F)(F)F)cc3N3CCC(F)(F)CC3)CC2)n1. The lowest BCUT2D eigenvalue weighted by molar-refractivity contribution is -0.137. The highest BCUT2D eigenvalue weighted by atomic mass is 19.4. The van der Waals surface area contributed by atoms with Gasteiger partial charge in [-0.15, -0.1) is 5.10 Å². The molecule has 36 heavy (non-hydrogen) atoms. The first-order valence-electron chi connectivity index (χ1n) is 11.6. The van der Waals surface area contributed by atoms with E-state index in [-0.39, 0.29) is 30.8 Å². The fourth-order valence-corrected chi connectivity index (χ4v) is 4.40. The number of aromatic nitrogens is 2. The molecule has 2 aliphatic rings. The molecule has 4 rings (SSSR count). The van der Waals surface area contributed by atoms with Crippen molar-refractivity contribution in [2.75, 3.05) is 49.5 Å². The van der Waals surface area contributed by atoms with E-state index < -0.39 is 30.5 Å². The number of nitrogens with one attached hydrogen (secondary N) is 1. The van der Waals surface area contributed by atoms with E-state index in [9.17, 15) is 31.5 Å². The van der Waals surface area contributed by atoms with Crippen molar-refractivity contribution >= 4 is 23.4 Å². The Morgan fingerprint density at radius 2 is 1.69 bits per heavy atom. The second-order valence-electron chi connectivity index (χ2n) is 9.06. The number of piperazine rings is 1. The van der Waals surface area contributed by atoms with Gasteiger partial charge in [0.25, 0.3) is 5.92 Å². The van der Waals surface area contributed by atoms with E-state index in [4.69, 9.17) is 0 Å². The Kier molecular flexibility index (Phi) is 7.21. The van der Waals surface area contributed by atoms with E-state index in [2.05, 4.69) is 10.4 Å². The number of nitrogens with zero attached hydrogens (tertiary/aromatic N) is 5. The van der Waals surface area contributed by atoms with E-state index in [0.717, 1.165) is 16.8 Å². The molecule has 13 heteroatoms. The van der Waals surface area contributed by atoms with Crippen LogP contribution in [0, 0.1) is 0 Å². The van der Waals surface area contributed by atoms with Crippen molar-refractivity contribution in [3.8, 4) is 0 Å². The molecule has 0 atom stereocenters. The Labute approximate surface area is 204 Å². The number of hydrogen-bond donors (Lipinski definition) is 1. The van der Waals surface area contributed by atoms with Crippen molar-refractivity contribution in [2.45, 2.75) is 38.4 Å². The Balaban J connectivity index is 1.42. The Morgan fingerprint density at radius 1 is 1.03 bits per heavy atom. The minimum absolute atomic E-state index is 0.0199. The number of benzene rings is 1. The van der Waals surface area contributed by atoms with Gasteiger partial charge in [0.1, 0.15) is 0 Å². The summed E-state index contributed by atoms with van der Waals surface area (Å²) in [5, 5.41) is 6.54. The molecule has 0 aliphatic carbocycles. The highest BCUT2D eigenvalue weighted by molar-refractivity contribution is 5.88. The lowest BCUT2D eigenvalue weighted by atomic mass is 10.0. The van der Waals surface area contributed by atoms with Crippen LogP contribution >= 0.6 is 0 Å². The third-order valence-electron chi connectivity index (χ3n) is 6.37. The van der Waals surface area contributed by atoms with Crippen molar-refractivity contribution < 1.29 is 31.5 Å². The zero-order valence-electron chi connectivity index (χ0n) is 19.7. The number of anilines is 2. The number of hydrogen-bond acceptors (Lipinski definition) is 5. The van der Waals surface area contributed by atoms with Crippen LogP contribution in [0.1, 0.15) is 30.9 Å². The van der Waals surface area contributed by atoms with E-state index in [1.807, 2.05) is 4.90 Å². The minimum Gasteiger partial charge on any atom is -0.371 e. The standard InChI is InChI=1S/C23H27F5N6O2/c1-16(35)29-20-4-7-34(30-20)21(36)33-12-10-31(11-13-33)15-17-2-3-18(23(26,27)28)14-19(17)32-8-5-22(24,25)6-9-32/h2-4,7,14H,5-6,8-13,15H2,1H3,(H,29,30,35). The second kappa shape index (κ2) is 10.0. The third kappa shape index (κ3) is 6.12. The minimum atomic E-state index is -4.54. The summed E-state index contributed by atoms with van der Waals surface area (Å²) in [6, 6.07) is 4.63. The molecule has 2 aromatic rings. The van der Waals surface area contributed by atoms with Gasteiger partial charge >= 0.3 is 12.2 Å². The highest BCUT2D eigenvalue weighted by Crippen LogP contribution is 2.37. The number of alkyl halides is 5. The van der Waals surface area contributed by atoms with Gasteiger partial charge in [-0.3, -0.25) is 9.69 Å². The first-order valence-corrected chi connectivity index (χ1v) is 11.6. The topological polar surface area (TPSA) is 73.7 Å². The van der Waals surface area contributed by atoms with Crippen LogP contribution in [0.4, 0.5) is 38.3 Å². The van der Waals surface area contributed by atoms with Gasteiger partial charge in [0, 0.05) is 83.5 Å². The van der Waals surface area contributed by atoms with Crippen LogP contribution in [-0.4, -0.2) is 76.7 Å². The molecule has 2 saturated heterocycles. The number of halogens is 5. The van der Waals surface area contributed by atoms with Crippen molar-refractivity contribution in [3.63, 3.8) is 0 Å². The van der Waals surface area contributed by atoms with Crippen LogP contribution in [0.2, 0.25) is 0 Å². The summed E-state index contributed by atoms with van der Waals surface area (Å²) in [5.74, 6) is -2.85. The molecule has 0 unspecified atom stereocenters. The van der Waals surface area contributed by atoms with Crippen LogP contribution in [0.5, 0.6) is 0 Å². The zero-order valence-corrected chi connectivity index (χ0v) is 19.7. The Bertz CT molecular complexity index is 1100. The van der Waals surface area contributed by atoms with Crippen molar-refractivity contribution in [1.29, 1.82) is 0 Å². The summed E-state index contributed by atoms with van der Waals surface area (Å²) < 4.78 is 68.5. The predicted molar refractivity (Wildman–Crippen MR) is 122 cm³/mol. The normalized spacial score (nSPS) is 18.8.